The summed E-state index contributed by atoms with van der Waals surface area (Å²) in [4.78, 5) is 0. The van der Waals surface area contributed by atoms with Crippen molar-refractivity contribution >= 4 is 16.3 Å². The van der Waals surface area contributed by atoms with E-state index in [-0.39, 0.29) is 6.61 Å². The molecule has 0 spiro atoms. The van der Waals surface area contributed by atoms with Crippen molar-refractivity contribution in [2.45, 2.75) is 0 Å². The zero-order valence-corrected chi connectivity index (χ0v) is 4.59. The summed E-state index contributed by atoms with van der Waals surface area (Å²) in [6.45, 7) is 0.523. The first kappa shape index (κ1) is 5.44. The standard InChI is InChI=1S/C2H6O2Se/c3-1-2-4-5/h3,5H,1-2H2. The van der Waals surface area contributed by atoms with E-state index in [0.717, 1.165) is 0 Å². The molecule has 0 radical (unpaired) electrons. The average molecular weight is 141 g/mol. The third kappa shape index (κ3) is 4.44. The van der Waals surface area contributed by atoms with Gasteiger partial charge in [0.2, 0.25) is 0 Å². The molecule has 5 heavy (non-hydrogen) atoms. The summed E-state index contributed by atoms with van der Waals surface area (Å²) in [7, 11) is 0. The Labute approximate surface area is 39.3 Å². The molecule has 0 fully saturated rings. The molecule has 0 aliphatic carbocycles. The van der Waals surface area contributed by atoms with Crippen LogP contribution in [-0.4, -0.2) is 34.7 Å². The molecule has 0 saturated heterocycles. The molecule has 32 valence electrons. The topological polar surface area (TPSA) is 29.5 Å². The first-order valence-electron chi connectivity index (χ1n) is 1.29. The van der Waals surface area contributed by atoms with Gasteiger partial charge in [0.1, 0.15) is 0 Å². The van der Waals surface area contributed by atoms with Crippen molar-refractivity contribution in [3.8, 4) is 0 Å². The van der Waals surface area contributed by atoms with Gasteiger partial charge in [-0.2, -0.15) is 0 Å². The zero-order chi connectivity index (χ0) is 4.12. The van der Waals surface area contributed by atoms with E-state index < -0.39 is 0 Å². The fourth-order valence-corrected chi connectivity index (χ4v) is 0.212. The molecular formula is C2H6O2Se. The molecule has 0 heterocycles. The molecule has 0 aromatic carbocycles. The Kier molecular flexibility index (Phi) is 4.83. The fourth-order valence-electron chi connectivity index (χ4n) is 0.0408. The van der Waals surface area contributed by atoms with Crippen molar-refractivity contribution in [3.63, 3.8) is 0 Å². The maximum absolute atomic E-state index is 7.93. The quantitative estimate of drug-likeness (QED) is 0.490. The number of aliphatic hydroxyl groups is 1. The van der Waals surface area contributed by atoms with Crippen molar-refractivity contribution in [2.75, 3.05) is 13.2 Å². The molecule has 0 unspecified atom stereocenters. The van der Waals surface area contributed by atoms with E-state index in [1.54, 1.807) is 0 Å². The van der Waals surface area contributed by atoms with Crippen LogP contribution < -0.4 is 0 Å². The second-order valence-corrected chi connectivity index (χ2v) is 1.10. The Balaban J connectivity index is 2.19. The third-order valence-corrected chi connectivity index (χ3v) is 0.566. The van der Waals surface area contributed by atoms with Gasteiger partial charge in [0.15, 0.2) is 0 Å². The summed E-state index contributed by atoms with van der Waals surface area (Å²) in [5, 5.41) is 7.93. The molecule has 2 nitrogen and oxygen atoms in total. The summed E-state index contributed by atoms with van der Waals surface area (Å²) < 4.78 is 4.38. The van der Waals surface area contributed by atoms with E-state index >= 15 is 0 Å². The number of hydrogen-bond donors (Lipinski definition) is 1. The van der Waals surface area contributed by atoms with E-state index in [9.17, 15) is 0 Å². The molecule has 0 amide bonds. The molecule has 0 bridgehead atoms. The molecule has 0 rings (SSSR count). The Bertz CT molecular complexity index is 15.1. The molecule has 3 heteroatoms. The maximum atomic E-state index is 7.93. The molecule has 0 aromatic heterocycles. The van der Waals surface area contributed by atoms with Crippen molar-refractivity contribution in [1.82, 2.24) is 0 Å². The number of aliphatic hydroxyl groups excluding tert-OH is 1. The molecule has 0 aliphatic rings. The van der Waals surface area contributed by atoms with E-state index in [1.807, 2.05) is 16.3 Å². The normalized spacial score (nSPS) is 8.40. The summed E-state index contributed by atoms with van der Waals surface area (Å²) >= 11 is 1.92. The van der Waals surface area contributed by atoms with Crippen molar-refractivity contribution in [2.24, 2.45) is 0 Å². The Hall–Kier alpha value is 0.439. The van der Waals surface area contributed by atoms with Crippen LogP contribution in [-0.2, 0) is 3.82 Å². The van der Waals surface area contributed by atoms with Crippen LogP contribution in [0.5, 0.6) is 0 Å². The van der Waals surface area contributed by atoms with Gasteiger partial charge >= 0.3 is 38.5 Å². The van der Waals surface area contributed by atoms with Gasteiger partial charge in [0, 0.05) is 0 Å². The van der Waals surface area contributed by atoms with Crippen LogP contribution in [0.3, 0.4) is 0 Å². The van der Waals surface area contributed by atoms with Crippen LogP contribution in [0.25, 0.3) is 0 Å². The molecule has 0 aromatic rings. The minimum absolute atomic E-state index is 0.106. The predicted molar refractivity (Wildman–Crippen MR) is 20.2 cm³/mol. The van der Waals surface area contributed by atoms with E-state index in [1.165, 1.54) is 0 Å². The molecule has 0 saturated carbocycles. The van der Waals surface area contributed by atoms with Crippen LogP contribution >= 0.6 is 0 Å². The SMILES string of the molecule is OCCO[SeH]. The van der Waals surface area contributed by atoms with Crippen LogP contribution in [0.4, 0.5) is 0 Å². The van der Waals surface area contributed by atoms with Gasteiger partial charge < -0.3 is 0 Å². The summed E-state index contributed by atoms with van der Waals surface area (Å²) in [5.74, 6) is 0. The first-order chi connectivity index (χ1) is 2.41. The minimum atomic E-state index is 0.106. The second kappa shape index (κ2) is 4.44. The van der Waals surface area contributed by atoms with Gasteiger partial charge in [0.25, 0.3) is 0 Å². The van der Waals surface area contributed by atoms with E-state index in [0.29, 0.717) is 6.61 Å². The van der Waals surface area contributed by atoms with Crippen molar-refractivity contribution in [1.29, 1.82) is 0 Å². The van der Waals surface area contributed by atoms with Crippen LogP contribution in [0.15, 0.2) is 0 Å². The monoisotopic (exact) mass is 142 g/mol. The van der Waals surface area contributed by atoms with Gasteiger partial charge in [0.05, 0.1) is 0 Å². The Morgan fingerprint density at radius 3 is 2.40 bits per heavy atom. The molecule has 1 N–H and O–H groups in total. The van der Waals surface area contributed by atoms with E-state index in [4.69, 9.17) is 5.11 Å². The molecular weight excluding hydrogens is 135 g/mol. The number of hydrogen-bond acceptors (Lipinski definition) is 2. The van der Waals surface area contributed by atoms with Crippen LogP contribution in [0.2, 0.25) is 0 Å². The van der Waals surface area contributed by atoms with Gasteiger partial charge in [-0.15, -0.1) is 0 Å². The predicted octanol–water partition coefficient (Wildman–Crippen LogP) is -1.19. The Morgan fingerprint density at radius 1 is 1.80 bits per heavy atom. The van der Waals surface area contributed by atoms with Crippen LogP contribution in [0, 0.1) is 0 Å². The van der Waals surface area contributed by atoms with E-state index in [2.05, 4.69) is 3.82 Å². The molecule has 0 atom stereocenters. The second-order valence-electron chi connectivity index (χ2n) is 0.557. The summed E-state index contributed by atoms with van der Waals surface area (Å²) in [6.07, 6.45) is 0. The van der Waals surface area contributed by atoms with Gasteiger partial charge in [-0.3, -0.25) is 0 Å². The van der Waals surface area contributed by atoms with Crippen molar-refractivity contribution in [3.05, 3.63) is 0 Å². The summed E-state index contributed by atoms with van der Waals surface area (Å²) in [5.41, 5.74) is 0. The third-order valence-electron chi connectivity index (χ3n) is 0.183. The fraction of sp³-hybridized carbons (Fsp3) is 1.00. The zero-order valence-electron chi connectivity index (χ0n) is 2.72. The van der Waals surface area contributed by atoms with Gasteiger partial charge in [-0.1, -0.05) is 0 Å². The average Bonchev–Trinajstić information content (AvgIpc) is 1.41. The Morgan fingerprint density at radius 2 is 2.40 bits per heavy atom. The van der Waals surface area contributed by atoms with Gasteiger partial charge in [-0.25, -0.2) is 0 Å². The molecule has 0 aliphatic heterocycles. The first-order valence-corrected chi connectivity index (χ1v) is 2.05. The van der Waals surface area contributed by atoms with Crippen molar-refractivity contribution < 1.29 is 8.93 Å². The summed E-state index contributed by atoms with van der Waals surface area (Å²) in [6, 6.07) is 0. The van der Waals surface area contributed by atoms with Gasteiger partial charge in [-0.05, 0) is 0 Å². The number of rotatable bonds is 2. The van der Waals surface area contributed by atoms with Crippen LogP contribution in [0.1, 0.15) is 0 Å².